The molecule has 0 fully saturated rings. The smallest absolute Gasteiger partial charge is 0.311 e. The van der Waals surface area contributed by atoms with Crippen molar-refractivity contribution in [2.75, 3.05) is 0 Å². The molecule has 1 aromatic carbocycles. The van der Waals surface area contributed by atoms with E-state index >= 15 is 0 Å². The van der Waals surface area contributed by atoms with E-state index in [1.165, 1.54) is 0 Å². The lowest BCUT2D eigenvalue weighted by Gasteiger charge is -2.29. The van der Waals surface area contributed by atoms with Crippen molar-refractivity contribution in [1.29, 1.82) is 0 Å². The zero-order valence-electron chi connectivity index (χ0n) is 11.5. The average molecular weight is 250 g/mol. The summed E-state index contributed by atoms with van der Waals surface area (Å²) in [7, 11) is 0. The summed E-state index contributed by atoms with van der Waals surface area (Å²) in [6.45, 7) is 7.65. The molecule has 0 bridgehead atoms. The molecule has 3 heteroatoms. The molecule has 0 saturated heterocycles. The Labute approximate surface area is 109 Å². The van der Waals surface area contributed by atoms with Crippen LogP contribution < -0.4 is 0 Å². The lowest BCUT2D eigenvalue weighted by atomic mass is 9.82. The first-order chi connectivity index (χ1) is 8.32. The molecular formula is C15H22O3. The minimum atomic E-state index is -0.708. The Morgan fingerprint density at radius 1 is 1.28 bits per heavy atom. The van der Waals surface area contributed by atoms with Crippen LogP contribution in [0.4, 0.5) is 0 Å². The number of ether oxygens (including phenoxy) is 1. The fourth-order valence-corrected chi connectivity index (χ4v) is 1.74. The third-order valence-corrected chi connectivity index (χ3v) is 2.96. The van der Waals surface area contributed by atoms with Gasteiger partial charge in [0.05, 0.1) is 12.0 Å². The molecule has 1 N–H and O–H groups in total. The first kappa shape index (κ1) is 14.7. The maximum absolute atomic E-state index is 11.8. The number of carbonyl (C=O) groups is 1. The van der Waals surface area contributed by atoms with Gasteiger partial charge in [-0.2, -0.15) is 0 Å². The highest BCUT2D eigenvalue weighted by Gasteiger charge is 2.32. The molecule has 0 saturated carbocycles. The quantitative estimate of drug-likeness (QED) is 0.836. The molecular weight excluding hydrogens is 228 g/mol. The summed E-state index contributed by atoms with van der Waals surface area (Å²) in [5.41, 5.74) is 0.619. The summed E-state index contributed by atoms with van der Waals surface area (Å²) < 4.78 is 5.21. The molecule has 0 amide bonds. The van der Waals surface area contributed by atoms with E-state index in [1.807, 2.05) is 51.1 Å². The molecule has 0 aliphatic heterocycles. The molecule has 0 aromatic heterocycles. The highest BCUT2D eigenvalue weighted by atomic mass is 16.5. The first-order valence-corrected chi connectivity index (χ1v) is 6.21. The Morgan fingerprint density at radius 2 is 1.83 bits per heavy atom. The Morgan fingerprint density at radius 3 is 2.33 bits per heavy atom. The first-order valence-electron chi connectivity index (χ1n) is 6.21. The second-order valence-electron chi connectivity index (χ2n) is 5.69. The average Bonchev–Trinajstić information content (AvgIpc) is 2.34. The fourth-order valence-electron chi connectivity index (χ4n) is 1.74. The molecule has 0 aliphatic rings. The van der Waals surface area contributed by atoms with E-state index < -0.39 is 12.0 Å². The molecule has 0 spiro atoms. The van der Waals surface area contributed by atoms with Crippen molar-refractivity contribution in [3.8, 4) is 0 Å². The highest BCUT2D eigenvalue weighted by Crippen LogP contribution is 2.25. The van der Waals surface area contributed by atoms with Crippen LogP contribution in [0.2, 0.25) is 0 Å². The topological polar surface area (TPSA) is 46.5 Å². The molecule has 1 aromatic rings. The van der Waals surface area contributed by atoms with Crippen LogP contribution in [0.1, 0.15) is 33.3 Å². The molecule has 1 rings (SSSR count). The van der Waals surface area contributed by atoms with Crippen molar-refractivity contribution in [2.24, 2.45) is 11.3 Å². The number of rotatable bonds is 4. The number of hydrogen-bond donors (Lipinski definition) is 1. The fraction of sp³-hybridized carbons (Fsp3) is 0.533. The van der Waals surface area contributed by atoms with Crippen LogP contribution in [0.5, 0.6) is 0 Å². The van der Waals surface area contributed by atoms with E-state index in [9.17, 15) is 9.90 Å². The van der Waals surface area contributed by atoms with E-state index in [4.69, 9.17) is 4.74 Å². The highest BCUT2D eigenvalue weighted by molar-refractivity contribution is 5.72. The van der Waals surface area contributed by atoms with Crippen molar-refractivity contribution in [2.45, 2.75) is 40.4 Å². The van der Waals surface area contributed by atoms with E-state index in [1.54, 1.807) is 6.92 Å². The summed E-state index contributed by atoms with van der Waals surface area (Å²) in [6.07, 6.45) is -0.708. The van der Waals surface area contributed by atoms with Gasteiger partial charge in [0.1, 0.15) is 6.61 Å². The van der Waals surface area contributed by atoms with E-state index in [-0.39, 0.29) is 18.0 Å². The molecule has 3 nitrogen and oxygen atoms in total. The van der Waals surface area contributed by atoms with Crippen LogP contribution in [0.3, 0.4) is 0 Å². The zero-order valence-corrected chi connectivity index (χ0v) is 11.5. The van der Waals surface area contributed by atoms with Gasteiger partial charge >= 0.3 is 5.97 Å². The van der Waals surface area contributed by atoms with Crippen LogP contribution in [-0.2, 0) is 16.1 Å². The number of benzene rings is 1. The molecule has 18 heavy (non-hydrogen) atoms. The van der Waals surface area contributed by atoms with Gasteiger partial charge in [0.2, 0.25) is 0 Å². The van der Waals surface area contributed by atoms with Crippen molar-refractivity contribution in [3.05, 3.63) is 35.9 Å². The van der Waals surface area contributed by atoms with Crippen LogP contribution in [0, 0.1) is 11.3 Å². The third kappa shape index (κ3) is 4.15. The van der Waals surface area contributed by atoms with Gasteiger partial charge in [0.25, 0.3) is 0 Å². The minimum absolute atomic E-state index is 0.251. The lowest BCUT2D eigenvalue weighted by molar-refractivity contribution is -0.156. The van der Waals surface area contributed by atoms with Gasteiger partial charge < -0.3 is 9.84 Å². The van der Waals surface area contributed by atoms with Gasteiger partial charge in [-0.3, -0.25) is 4.79 Å². The Balaban J connectivity index is 2.51. The Kier molecular flexibility index (Phi) is 4.91. The molecule has 0 radical (unpaired) electrons. The summed E-state index contributed by atoms with van der Waals surface area (Å²) >= 11 is 0. The van der Waals surface area contributed by atoms with E-state index in [0.717, 1.165) is 5.56 Å². The predicted molar refractivity (Wildman–Crippen MR) is 70.9 cm³/mol. The molecule has 0 aliphatic carbocycles. The number of esters is 1. The molecule has 0 heterocycles. The van der Waals surface area contributed by atoms with Gasteiger partial charge in [-0.15, -0.1) is 0 Å². The van der Waals surface area contributed by atoms with Crippen LogP contribution in [0.15, 0.2) is 30.3 Å². The summed E-state index contributed by atoms with van der Waals surface area (Å²) in [6, 6.07) is 9.51. The molecule has 100 valence electrons. The maximum Gasteiger partial charge on any atom is 0.311 e. The number of aliphatic hydroxyl groups is 1. The summed E-state index contributed by atoms with van der Waals surface area (Å²) in [5.74, 6) is -0.880. The Hall–Kier alpha value is -1.35. The predicted octanol–water partition coefficient (Wildman–Crippen LogP) is 2.77. The van der Waals surface area contributed by atoms with Crippen LogP contribution in [0.25, 0.3) is 0 Å². The molecule has 0 unspecified atom stereocenters. The second kappa shape index (κ2) is 6.01. The van der Waals surface area contributed by atoms with Crippen LogP contribution in [-0.4, -0.2) is 17.2 Å². The monoisotopic (exact) mass is 250 g/mol. The van der Waals surface area contributed by atoms with Crippen LogP contribution >= 0.6 is 0 Å². The summed E-state index contributed by atoms with van der Waals surface area (Å²) in [5, 5.41) is 10.0. The standard InChI is InChI=1S/C15H22O3/c1-11(13(16)15(2,3)4)14(17)18-10-12-8-6-5-7-9-12/h5-9,11,13,16H,10H2,1-4H3/t11-,13+/m0/s1. The van der Waals surface area contributed by atoms with Gasteiger partial charge in [-0.1, -0.05) is 51.1 Å². The van der Waals surface area contributed by atoms with Gasteiger partial charge in [-0.05, 0) is 17.9 Å². The second-order valence-corrected chi connectivity index (χ2v) is 5.69. The number of hydrogen-bond acceptors (Lipinski definition) is 3. The third-order valence-electron chi connectivity index (χ3n) is 2.96. The lowest BCUT2D eigenvalue weighted by Crippen LogP contribution is -2.37. The summed E-state index contributed by atoms with van der Waals surface area (Å²) in [4.78, 5) is 11.8. The maximum atomic E-state index is 11.8. The van der Waals surface area contributed by atoms with Gasteiger partial charge in [-0.25, -0.2) is 0 Å². The number of aliphatic hydroxyl groups excluding tert-OH is 1. The van der Waals surface area contributed by atoms with Crippen molar-refractivity contribution >= 4 is 5.97 Å². The van der Waals surface area contributed by atoms with Gasteiger partial charge in [0.15, 0.2) is 0 Å². The number of carbonyl (C=O) groups excluding carboxylic acids is 1. The van der Waals surface area contributed by atoms with Gasteiger partial charge in [0, 0.05) is 0 Å². The zero-order chi connectivity index (χ0) is 13.8. The van der Waals surface area contributed by atoms with E-state index in [2.05, 4.69) is 0 Å². The van der Waals surface area contributed by atoms with Crippen molar-refractivity contribution in [1.82, 2.24) is 0 Å². The van der Waals surface area contributed by atoms with E-state index in [0.29, 0.717) is 0 Å². The Bertz CT molecular complexity index is 378. The largest absolute Gasteiger partial charge is 0.461 e. The minimum Gasteiger partial charge on any atom is -0.461 e. The van der Waals surface area contributed by atoms with Crippen molar-refractivity contribution < 1.29 is 14.6 Å². The SMILES string of the molecule is C[C@H](C(=O)OCc1ccccc1)[C@@H](O)C(C)(C)C. The normalized spacial score (nSPS) is 14.9. The molecule has 2 atom stereocenters. The van der Waals surface area contributed by atoms with Crippen molar-refractivity contribution in [3.63, 3.8) is 0 Å².